The van der Waals surface area contributed by atoms with Gasteiger partial charge in [0.2, 0.25) is 0 Å². The Morgan fingerprint density at radius 1 is 1.05 bits per heavy atom. The second kappa shape index (κ2) is 6.04. The number of carbonyl (C=O) groups excluding carboxylic acids is 2. The van der Waals surface area contributed by atoms with E-state index in [4.69, 9.17) is 9.57 Å². The first-order valence-corrected chi connectivity index (χ1v) is 7.18. The molecule has 2 N–H and O–H groups in total. The molecule has 4 atom stereocenters. The van der Waals surface area contributed by atoms with Crippen molar-refractivity contribution in [2.75, 3.05) is 6.54 Å². The molecule has 2 heterocycles. The number of aliphatic hydroxyl groups excluding tert-OH is 2. The van der Waals surface area contributed by atoms with Gasteiger partial charge < -0.3 is 19.8 Å². The molecule has 0 amide bonds. The van der Waals surface area contributed by atoms with E-state index in [-0.39, 0.29) is 5.92 Å². The molecule has 2 aliphatic heterocycles. The standard InChI is InChI=1S/C15H17NO6/c17-11-12(18)15(20)22-16-8-4-7-10(13(16)21-14(11)19)9-5-2-1-3-6-9/h1-3,5-6,10-13,17-18H,4,7-8H2/t10-,11?,12?,13?/m1/s1. The molecule has 2 aliphatic rings. The molecule has 0 bridgehead atoms. The maximum absolute atomic E-state index is 11.9. The van der Waals surface area contributed by atoms with Crippen LogP contribution in [0.25, 0.3) is 0 Å². The average molecular weight is 307 g/mol. The van der Waals surface area contributed by atoms with Crippen molar-refractivity contribution in [1.29, 1.82) is 0 Å². The van der Waals surface area contributed by atoms with Crippen LogP contribution in [0.15, 0.2) is 30.3 Å². The second-order valence-electron chi connectivity index (χ2n) is 5.43. The molecule has 7 heteroatoms. The molecule has 3 rings (SSSR count). The monoisotopic (exact) mass is 307 g/mol. The summed E-state index contributed by atoms with van der Waals surface area (Å²) in [6.07, 6.45) is -3.18. The van der Waals surface area contributed by atoms with Crippen molar-refractivity contribution in [3.8, 4) is 0 Å². The Labute approximate surface area is 127 Å². The van der Waals surface area contributed by atoms with Crippen LogP contribution in [0, 0.1) is 0 Å². The van der Waals surface area contributed by atoms with Crippen molar-refractivity contribution in [3.63, 3.8) is 0 Å². The molecule has 7 nitrogen and oxygen atoms in total. The minimum atomic E-state index is -1.94. The van der Waals surface area contributed by atoms with Crippen LogP contribution >= 0.6 is 0 Å². The van der Waals surface area contributed by atoms with Crippen LogP contribution in [-0.4, -0.2) is 52.2 Å². The summed E-state index contributed by atoms with van der Waals surface area (Å²) in [6, 6.07) is 9.46. The van der Waals surface area contributed by atoms with E-state index in [0.29, 0.717) is 6.54 Å². The molecule has 1 aromatic rings. The number of benzene rings is 1. The Hall–Kier alpha value is -1.96. The molecule has 0 radical (unpaired) electrons. The number of nitrogens with zero attached hydrogens (tertiary/aromatic N) is 1. The van der Waals surface area contributed by atoms with Crippen molar-refractivity contribution in [2.45, 2.75) is 37.2 Å². The molecule has 0 aromatic heterocycles. The van der Waals surface area contributed by atoms with Crippen LogP contribution in [0.1, 0.15) is 24.3 Å². The quantitative estimate of drug-likeness (QED) is 0.701. The van der Waals surface area contributed by atoms with Gasteiger partial charge in [-0.2, -0.15) is 0 Å². The summed E-state index contributed by atoms with van der Waals surface area (Å²) in [5.41, 5.74) is 0.955. The predicted molar refractivity (Wildman–Crippen MR) is 73.1 cm³/mol. The molecule has 1 aromatic carbocycles. The van der Waals surface area contributed by atoms with E-state index >= 15 is 0 Å². The molecule has 2 saturated heterocycles. The summed E-state index contributed by atoms with van der Waals surface area (Å²) < 4.78 is 5.29. The highest BCUT2D eigenvalue weighted by Crippen LogP contribution is 2.34. The molecule has 3 unspecified atom stereocenters. The SMILES string of the molecule is O=C1OC2[C@@H](c3ccccc3)CCCN2OC(=O)C(O)C1O. The zero-order valence-electron chi connectivity index (χ0n) is 11.8. The summed E-state index contributed by atoms with van der Waals surface area (Å²) in [7, 11) is 0. The summed E-state index contributed by atoms with van der Waals surface area (Å²) in [5, 5.41) is 20.4. The fourth-order valence-corrected chi connectivity index (χ4v) is 2.82. The molecule has 22 heavy (non-hydrogen) atoms. The van der Waals surface area contributed by atoms with Crippen LogP contribution in [0.4, 0.5) is 0 Å². The van der Waals surface area contributed by atoms with Crippen LogP contribution in [-0.2, 0) is 19.2 Å². The van der Waals surface area contributed by atoms with Crippen LogP contribution in [0.5, 0.6) is 0 Å². The summed E-state index contributed by atoms with van der Waals surface area (Å²) in [4.78, 5) is 28.7. The van der Waals surface area contributed by atoms with Crippen molar-refractivity contribution in [1.82, 2.24) is 5.06 Å². The van der Waals surface area contributed by atoms with Gasteiger partial charge in [-0.25, -0.2) is 9.59 Å². The van der Waals surface area contributed by atoms with E-state index in [1.807, 2.05) is 30.3 Å². The Balaban J connectivity index is 1.90. The van der Waals surface area contributed by atoms with Crippen molar-refractivity contribution in [3.05, 3.63) is 35.9 Å². The highest BCUT2D eigenvalue weighted by molar-refractivity contribution is 5.85. The summed E-state index contributed by atoms with van der Waals surface area (Å²) >= 11 is 0. The number of carbonyl (C=O) groups is 2. The second-order valence-corrected chi connectivity index (χ2v) is 5.43. The molecule has 0 aliphatic carbocycles. The fraction of sp³-hybridized carbons (Fsp3) is 0.467. The molecule has 0 saturated carbocycles. The smallest absolute Gasteiger partial charge is 0.357 e. The topological polar surface area (TPSA) is 96.3 Å². The Morgan fingerprint density at radius 2 is 1.73 bits per heavy atom. The predicted octanol–water partition coefficient (Wildman–Crippen LogP) is -0.0711. The summed E-state index contributed by atoms with van der Waals surface area (Å²) in [6.45, 7) is 0.399. The van der Waals surface area contributed by atoms with E-state index < -0.39 is 30.4 Å². The maximum atomic E-state index is 11.9. The first-order valence-electron chi connectivity index (χ1n) is 7.18. The third-order valence-corrected chi connectivity index (χ3v) is 3.98. The number of rotatable bonds is 1. The number of fused-ring (bicyclic) bond motifs is 1. The largest absolute Gasteiger partial charge is 0.441 e. The third kappa shape index (κ3) is 2.70. The number of aliphatic hydroxyl groups is 2. The molecular weight excluding hydrogens is 290 g/mol. The summed E-state index contributed by atoms with van der Waals surface area (Å²) in [5.74, 6) is -2.25. The maximum Gasteiger partial charge on any atom is 0.357 e. The lowest BCUT2D eigenvalue weighted by molar-refractivity contribution is -0.274. The molecule has 0 spiro atoms. The van der Waals surface area contributed by atoms with Gasteiger partial charge in [-0.1, -0.05) is 35.4 Å². The van der Waals surface area contributed by atoms with Gasteiger partial charge >= 0.3 is 11.9 Å². The zero-order valence-corrected chi connectivity index (χ0v) is 11.8. The number of piperidine rings is 1. The number of hydrogen-bond acceptors (Lipinski definition) is 7. The number of ether oxygens (including phenoxy) is 1. The number of hydroxylamine groups is 2. The van der Waals surface area contributed by atoms with Crippen LogP contribution < -0.4 is 0 Å². The Morgan fingerprint density at radius 3 is 2.45 bits per heavy atom. The van der Waals surface area contributed by atoms with Gasteiger partial charge in [0.1, 0.15) is 0 Å². The van der Waals surface area contributed by atoms with Crippen molar-refractivity contribution < 1.29 is 29.4 Å². The van der Waals surface area contributed by atoms with E-state index in [1.165, 1.54) is 5.06 Å². The van der Waals surface area contributed by atoms with Crippen molar-refractivity contribution in [2.24, 2.45) is 0 Å². The van der Waals surface area contributed by atoms with E-state index in [9.17, 15) is 19.8 Å². The highest BCUT2D eigenvalue weighted by Gasteiger charge is 2.45. The van der Waals surface area contributed by atoms with Gasteiger partial charge in [-0.3, -0.25) is 0 Å². The van der Waals surface area contributed by atoms with Gasteiger partial charge in [0, 0.05) is 12.5 Å². The minimum absolute atomic E-state index is 0.172. The normalized spacial score (nSPS) is 33.2. The molecule has 118 valence electrons. The average Bonchev–Trinajstić information content (AvgIpc) is 2.54. The van der Waals surface area contributed by atoms with Crippen molar-refractivity contribution >= 4 is 11.9 Å². The zero-order chi connectivity index (χ0) is 15.7. The molecule has 2 fully saturated rings. The molecular formula is C15H17NO6. The van der Waals surface area contributed by atoms with E-state index in [0.717, 1.165) is 18.4 Å². The van der Waals surface area contributed by atoms with E-state index in [1.54, 1.807) is 0 Å². The number of hydrogen-bond donors (Lipinski definition) is 2. The van der Waals surface area contributed by atoms with Gasteiger partial charge in [0.05, 0.1) is 0 Å². The first-order chi connectivity index (χ1) is 10.6. The van der Waals surface area contributed by atoms with Crippen LogP contribution in [0.2, 0.25) is 0 Å². The first kappa shape index (κ1) is 15.0. The lowest BCUT2D eigenvalue weighted by Crippen LogP contribution is -2.55. The van der Waals surface area contributed by atoms with Gasteiger partial charge in [-0.15, -0.1) is 0 Å². The minimum Gasteiger partial charge on any atom is -0.441 e. The third-order valence-electron chi connectivity index (χ3n) is 3.98. The fourth-order valence-electron chi connectivity index (χ4n) is 2.82. The van der Waals surface area contributed by atoms with Gasteiger partial charge in [0.25, 0.3) is 0 Å². The Kier molecular flexibility index (Phi) is 4.10. The highest BCUT2D eigenvalue weighted by atomic mass is 16.8. The lowest BCUT2D eigenvalue weighted by Gasteiger charge is -2.40. The number of esters is 1. The van der Waals surface area contributed by atoms with Crippen LogP contribution in [0.3, 0.4) is 0 Å². The van der Waals surface area contributed by atoms with E-state index in [2.05, 4.69) is 0 Å². The lowest BCUT2D eigenvalue weighted by atomic mass is 9.89. The van der Waals surface area contributed by atoms with Gasteiger partial charge in [-0.05, 0) is 18.4 Å². The Bertz CT molecular complexity index is 562. The van der Waals surface area contributed by atoms with Gasteiger partial charge in [0.15, 0.2) is 18.4 Å².